The van der Waals surface area contributed by atoms with E-state index in [2.05, 4.69) is 10.6 Å². The lowest BCUT2D eigenvalue weighted by Crippen LogP contribution is -2.38. The first-order chi connectivity index (χ1) is 7.40. The molecule has 0 radical (unpaired) electrons. The standard InChI is InChI=1S/C9H17N3O3S/c1-7(8-5-11-6-8)9(13)12-3-2-4-16(10,14)15/h11H,2-6H2,1H3,(H,12,13)(H2,10,14,15). The minimum Gasteiger partial charge on any atom is -0.352 e. The topological polar surface area (TPSA) is 101 Å². The summed E-state index contributed by atoms with van der Waals surface area (Å²) in [5, 5.41) is 10.5. The van der Waals surface area contributed by atoms with Crippen LogP contribution in [0.5, 0.6) is 0 Å². The number of hydrogen-bond acceptors (Lipinski definition) is 4. The van der Waals surface area contributed by atoms with Crippen LogP contribution in [0.1, 0.15) is 13.3 Å². The number of sulfonamides is 1. The van der Waals surface area contributed by atoms with Gasteiger partial charge < -0.3 is 10.6 Å². The van der Waals surface area contributed by atoms with Gasteiger partial charge in [-0.3, -0.25) is 4.79 Å². The number of nitrogens with two attached hydrogens (primary N) is 1. The van der Waals surface area contributed by atoms with Crippen LogP contribution in [-0.4, -0.2) is 39.7 Å². The molecule has 0 aromatic heterocycles. The quantitative estimate of drug-likeness (QED) is 0.415. The number of hydrogen-bond donors (Lipinski definition) is 3. The van der Waals surface area contributed by atoms with E-state index in [4.69, 9.17) is 5.14 Å². The molecule has 1 fully saturated rings. The van der Waals surface area contributed by atoms with Gasteiger partial charge in [0.25, 0.3) is 0 Å². The van der Waals surface area contributed by atoms with Crippen molar-refractivity contribution in [2.24, 2.45) is 5.14 Å². The minimum absolute atomic E-state index is 0.107. The van der Waals surface area contributed by atoms with Crippen LogP contribution in [0, 0.1) is 0 Å². The van der Waals surface area contributed by atoms with Gasteiger partial charge in [0.2, 0.25) is 15.9 Å². The number of carbonyl (C=O) groups is 1. The summed E-state index contributed by atoms with van der Waals surface area (Å²) >= 11 is 0. The van der Waals surface area contributed by atoms with E-state index in [1.165, 1.54) is 0 Å². The van der Waals surface area contributed by atoms with E-state index in [-0.39, 0.29) is 11.7 Å². The smallest absolute Gasteiger partial charge is 0.246 e. The zero-order valence-electron chi connectivity index (χ0n) is 9.25. The highest BCUT2D eigenvalue weighted by molar-refractivity contribution is 7.89. The van der Waals surface area contributed by atoms with Gasteiger partial charge in [0.05, 0.1) is 5.75 Å². The number of primary sulfonamides is 1. The van der Waals surface area contributed by atoms with E-state index in [0.29, 0.717) is 18.5 Å². The molecule has 0 atom stereocenters. The second-order valence-corrected chi connectivity index (χ2v) is 5.54. The Morgan fingerprint density at radius 2 is 2.12 bits per heavy atom. The van der Waals surface area contributed by atoms with Crippen LogP contribution in [0.4, 0.5) is 0 Å². The van der Waals surface area contributed by atoms with Crippen molar-refractivity contribution < 1.29 is 13.2 Å². The van der Waals surface area contributed by atoms with Crippen molar-refractivity contribution in [2.75, 3.05) is 25.4 Å². The summed E-state index contributed by atoms with van der Waals surface area (Å²) in [6.45, 7) is 3.62. The first-order valence-corrected chi connectivity index (χ1v) is 6.80. The predicted octanol–water partition coefficient (Wildman–Crippen LogP) is -1.30. The summed E-state index contributed by atoms with van der Waals surface area (Å²) in [5.41, 5.74) is 1.82. The molecule has 1 saturated heterocycles. The van der Waals surface area contributed by atoms with Gasteiger partial charge in [-0.15, -0.1) is 0 Å². The van der Waals surface area contributed by atoms with Gasteiger partial charge in [-0.05, 0) is 18.9 Å². The van der Waals surface area contributed by atoms with Gasteiger partial charge in [-0.2, -0.15) is 0 Å². The molecule has 0 aromatic rings. The Hall–Kier alpha value is -0.920. The first kappa shape index (κ1) is 13.1. The van der Waals surface area contributed by atoms with E-state index in [9.17, 15) is 13.2 Å². The maximum absolute atomic E-state index is 11.5. The molecule has 0 unspecified atom stereocenters. The van der Waals surface area contributed by atoms with Crippen LogP contribution in [0.15, 0.2) is 11.1 Å². The SMILES string of the molecule is CC(C(=O)NCCCS(N)(=O)=O)=C1CNC1. The fraction of sp³-hybridized carbons (Fsp3) is 0.667. The van der Waals surface area contributed by atoms with Gasteiger partial charge in [-0.25, -0.2) is 13.6 Å². The van der Waals surface area contributed by atoms with Crippen molar-refractivity contribution >= 4 is 15.9 Å². The fourth-order valence-corrected chi connectivity index (χ4v) is 1.83. The van der Waals surface area contributed by atoms with E-state index in [1.807, 2.05) is 0 Å². The summed E-state index contributed by atoms with van der Waals surface area (Å²) in [6.07, 6.45) is 0.339. The second-order valence-electron chi connectivity index (χ2n) is 3.81. The number of rotatable bonds is 5. The molecular formula is C9H17N3O3S. The lowest BCUT2D eigenvalue weighted by molar-refractivity contribution is -0.117. The number of carbonyl (C=O) groups excluding carboxylic acids is 1. The molecule has 4 N–H and O–H groups in total. The number of nitrogens with one attached hydrogen (secondary N) is 2. The predicted molar refractivity (Wildman–Crippen MR) is 61.2 cm³/mol. The molecule has 1 amide bonds. The lowest BCUT2D eigenvalue weighted by atomic mass is 10.0. The Bertz CT molecular complexity index is 394. The van der Waals surface area contributed by atoms with Gasteiger partial charge in [0, 0.05) is 25.2 Å². The highest BCUT2D eigenvalue weighted by Crippen LogP contribution is 2.08. The Balaban J connectivity index is 2.26. The summed E-state index contributed by atoms with van der Waals surface area (Å²) in [7, 11) is -3.43. The third-order valence-corrected chi connectivity index (χ3v) is 3.30. The van der Waals surface area contributed by atoms with Crippen molar-refractivity contribution in [1.82, 2.24) is 10.6 Å². The van der Waals surface area contributed by atoms with Crippen molar-refractivity contribution in [3.05, 3.63) is 11.1 Å². The third-order valence-electron chi connectivity index (χ3n) is 2.44. The van der Waals surface area contributed by atoms with E-state index >= 15 is 0 Å². The zero-order valence-corrected chi connectivity index (χ0v) is 10.1. The van der Waals surface area contributed by atoms with Crippen LogP contribution < -0.4 is 15.8 Å². The molecule has 0 aliphatic carbocycles. The molecule has 0 spiro atoms. The van der Waals surface area contributed by atoms with Crippen LogP contribution in [0.25, 0.3) is 0 Å². The maximum Gasteiger partial charge on any atom is 0.246 e. The first-order valence-electron chi connectivity index (χ1n) is 5.08. The second kappa shape index (κ2) is 5.42. The van der Waals surface area contributed by atoms with Crippen molar-refractivity contribution in [1.29, 1.82) is 0 Å². The molecule has 7 heteroatoms. The molecule has 0 bridgehead atoms. The minimum atomic E-state index is -3.43. The average Bonchev–Trinajstić information content (AvgIpc) is 2.07. The van der Waals surface area contributed by atoms with Crippen LogP contribution in [0.3, 0.4) is 0 Å². The largest absolute Gasteiger partial charge is 0.352 e. The summed E-state index contributed by atoms with van der Waals surface area (Å²) in [5.74, 6) is -0.240. The lowest BCUT2D eigenvalue weighted by Gasteiger charge is -2.21. The van der Waals surface area contributed by atoms with Crippen LogP contribution in [-0.2, 0) is 14.8 Å². The van der Waals surface area contributed by atoms with Crippen LogP contribution >= 0.6 is 0 Å². The van der Waals surface area contributed by atoms with Gasteiger partial charge >= 0.3 is 0 Å². The van der Waals surface area contributed by atoms with Gasteiger partial charge in [0.1, 0.15) is 0 Å². The molecule has 1 aliphatic rings. The maximum atomic E-state index is 11.5. The zero-order chi connectivity index (χ0) is 12.2. The molecule has 16 heavy (non-hydrogen) atoms. The van der Waals surface area contributed by atoms with Gasteiger partial charge in [0.15, 0.2) is 0 Å². The highest BCUT2D eigenvalue weighted by Gasteiger charge is 2.15. The van der Waals surface area contributed by atoms with E-state index < -0.39 is 10.0 Å². The summed E-state index contributed by atoms with van der Waals surface area (Å²) in [4.78, 5) is 11.5. The Morgan fingerprint density at radius 1 is 1.50 bits per heavy atom. The number of amides is 1. The normalized spacial score (nSPS) is 15.5. The van der Waals surface area contributed by atoms with Gasteiger partial charge in [-0.1, -0.05) is 0 Å². The molecule has 1 rings (SSSR count). The molecule has 92 valence electrons. The molecule has 1 heterocycles. The third kappa shape index (κ3) is 4.30. The Labute approximate surface area is 95.3 Å². The fourth-order valence-electron chi connectivity index (χ4n) is 1.28. The summed E-state index contributed by atoms with van der Waals surface area (Å²) in [6, 6.07) is 0. The van der Waals surface area contributed by atoms with Crippen molar-refractivity contribution in [3.63, 3.8) is 0 Å². The van der Waals surface area contributed by atoms with E-state index in [0.717, 1.165) is 18.7 Å². The van der Waals surface area contributed by atoms with Crippen molar-refractivity contribution in [3.8, 4) is 0 Å². The highest BCUT2D eigenvalue weighted by atomic mass is 32.2. The van der Waals surface area contributed by atoms with Crippen molar-refractivity contribution in [2.45, 2.75) is 13.3 Å². The molecule has 6 nitrogen and oxygen atoms in total. The van der Waals surface area contributed by atoms with Crippen LogP contribution in [0.2, 0.25) is 0 Å². The average molecular weight is 247 g/mol. The monoisotopic (exact) mass is 247 g/mol. The molecular weight excluding hydrogens is 230 g/mol. The Kier molecular flexibility index (Phi) is 4.45. The summed E-state index contributed by atoms with van der Waals surface area (Å²) < 4.78 is 21.2. The molecule has 1 aliphatic heterocycles. The molecule has 0 aromatic carbocycles. The van der Waals surface area contributed by atoms with E-state index in [1.54, 1.807) is 6.92 Å². The molecule has 0 saturated carbocycles. The Morgan fingerprint density at radius 3 is 2.56 bits per heavy atom.